The fourth-order valence-corrected chi connectivity index (χ4v) is 4.34. The number of alkyl halides is 1. The average molecular weight is 528 g/mol. The summed E-state index contributed by atoms with van der Waals surface area (Å²) in [6.07, 6.45) is -0.534. The largest absolute Gasteiger partial charge is 0.454 e. The molecule has 0 heterocycles. The first-order valence-corrected chi connectivity index (χ1v) is 12.9. The van der Waals surface area contributed by atoms with Crippen molar-refractivity contribution in [1.29, 1.82) is 0 Å². The van der Waals surface area contributed by atoms with Gasteiger partial charge in [-0.2, -0.15) is 0 Å². The Morgan fingerprint density at radius 3 is 2.14 bits per heavy atom. The maximum atomic E-state index is 13.1. The van der Waals surface area contributed by atoms with E-state index in [4.69, 9.17) is 16.3 Å². The van der Waals surface area contributed by atoms with Crippen LogP contribution in [0.5, 0.6) is 0 Å². The highest BCUT2D eigenvalue weighted by Crippen LogP contribution is 2.28. The topological polar surface area (TPSA) is 72.5 Å². The van der Waals surface area contributed by atoms with Crippen molar-refractivity contribution in [2.24, 2.45) is 0 Å². The number of aryl methyl sites for hydroxylation is 1. The number of carbonyl (C=O) groups is 3. The lowest BCUT2D eigenvalue weighted by molar-refractivity contribution is -0.147. The maximum absolute atomic E-state index is 13.1. The van der Waals surface area contributed by atoms with Crippen LogP contribution in [0.15, 0.2) is 82.6 Å². The molecule has 3 aromatic carbocycles. The van der Waals surface area contributed by atoms with E-state index in [-0.39, 0.29) is 43.0 Å². The molecule has 0 aliphatic carbocycles. The molecule has 1 atom stereocenters. The molecule has 1 unspecified atom stereocenters. The molecule has 0 aliphatic rings. The van der Waals surface area contributed by atoms with E-state index in [1.807, 2.05) is 31.2 Å². The van der Waals surface area contributed by atoms with E-state index in [0.29, 0.717) is 5.69 Å². The van der Waals surface area contributed by atoms with Crippen LogP contribution in [0.2, 0.25) is 0 Å². The molecule has 1 N–H and O–H groups in total. The minimum atomic E-state index is -1.05. The molecule has 3 rings (SSSR count). The number of halogens is 2. The van der Waals surface area contributed by atoms with Crippen molar-refractivity contribution in [2.45, 2.75) is 48.5 Å². The Kier molecular flexibility index (Phi) is 10.5. The van der Waals surface area contributed by atoms with Gasteiger partial charge >= 0.3 is 5.97 Å². The molecule has 0 aliphatic heterocycles. The van der Waals surface area contributed by atoms with Crippen molar-refractivity contribution in [3.8, 4) is 0 Å². The molecule has 36 heavy (non-hydrogen) atoms. The summed E-state index contributed by atoms with van der Waals surface area (Å²) in [4.78, 5) is 39.3. The van der Waals surface area contributed by atoms with Crippen molar-refractivity contribution in [3.05, 3.63) is 89.7 Å². The normalized spacial score (nSPS) is 11.5. The zero-order valence-electron chi connectivity index (χ0n) is 19.8. The maximum Gasteiger partial charge on any atom is 0.306 e. The quantitative estimate of drug-likeness (QED) is 0.159. The Balaban J connectivity index is 1.42. The SMILES string of the molecule is Cc1ccc(Sc2ccc(NC(=O)CCCC(=O)OC(CCCl)C(=O)c3ccc(F)cc3)cc2)cc1. The number of hydrogen-bond donors (Lipinski definition) is 1. The van der Waals surface area contributed by atoms with Crippen LogP contribution >= 0.6 is 23.4 Å². The molecule has 0 fully saturated rings. The molecule has 0 saturated carbocycles. The second-order valence-corrected chi connectivity index (χ2v) is 9.69. The van der Waals surface area contributed by atoms with Gasteiger partial charge in [-0.05, 0) is 74.0 Å². The number of rotatable bonds is 12. The highest BCUT2D eigenvalue weighted by atomic mass is 35.5. The Morgan fingerprint density at radius 1 is 0.917 bits per heavy atom. The fourth-order valence-electron chi connectivity index (χ4n) is 3.33. The van der Waals surface area contributed by atoms with Crippen LogP contribution in [0.25, 0.3) is 0 Å². The van der Waals surface area contributed by atoms with Gasteiger partial charge in [0.2, 0.25) is 11.7 Å². The van der Waals surface area contributed by atoms with E-state index < -0.39 is 23.7 Å². The van der Waals surface area contributed by atoms with Gasteiger partial charge in [0.1, 0.15) is 5.82 Å². The van der Waals surface area contributed by atoms with Gasteiger partial charge < -0.3 is 10.1 Å². The highest BCUT2D eigenvalue weighted by Gasteiger charge is 2.24. The molecule has 8 heteroatoms. The van der Waals surface area contributed by atoms with E-state index >= 15 is 0 Å². The molecule has 0 saturated heterocycles. The minimum Gasteiger partial charge on any atom is -0.454 e. The van der Waals surface area contributed by atoms with Crippen LogP contribution < -0.4 is 5.32 Å². The fraction of sp³-hybridized carbons (Fsp3) is 0.250. The van der Waals surface area contributed by atoms with E-state index in [9.17, 15) is 18.8 Å². The molecule has 1 amide bonds. The smallest absolute Gasteiger partial charge is 0.306 e. The molecular formula is C28H27ClFNO4S. The van der Waals surface area contributed by atoms with Crippen molar-refractivity contribution in [3.63, 3.8) is 0 Å². The predicted molar refractivity (Wildman–Crippen MR) is 140 cm³/mol. The van der Waals surface area contributed by atoms with Gasteiger partial charge in [-0.15, -0.1) is 11.6 Å². The lowest BCUT2D eigenvalue weighted by atomic mass is 10.0. The van der Waals surface area contributed by atoms with Crippen LogP contribution in [0.1, 0.15) is 41.6 Å². The molecule has 5 nitrogen and oxygen atoms in total. The summed E-state index contributed by atoms with van der Waals surface area (Å²) >= 11 is 7.39. The lowest BCUT2D eigenvalue weighted by Gasteiger charge is -2.16. The van der Waals surface area contributed by atoms with Gasteiger partial charge in [0.05, 0.1) is 0 Å². The summed E-state index contributed by atoms with van der Waals surface area (Å²) in [7, 11) is 0. The van der Waals surface area contributed by atoms with Gasteiger partial charge in [0, 0.05) is 46.2 Å². The zero-order valence-corrected chi connectivity index (χ0v) is 21.4. The number of carbonyl (C=O) groups excluding carboxylic acids is 3. The number of ketones is 1. The zero-order chi connectivity index (χ0) is 25.9. The van der Waals surface area contributed by atoms with E-state index in [1.165, 1.54) is 29.8 Å². The molecular weight excluding hydrogens is 501 g/mol. The Labute approximate surface area is 219 Å². The van der Waals surface area contributed by atoms with Gasteiger partial charge in [-0.25, -0.2) is 4.39 Å². The number of hydrogen-bond acceptors (Lipinski definition) is 5. The third-order valence-electron chi connectivity index (χ3n) is 5.25. The first kappa shape index (κ1) is 27.4. The number of nitrogens with one attached hydrogen (secondary N) is 1. The van der Waals surface area contributed by atoms with Crippen LogP contribution in [0.4, 0.5) is 10.1 Å². The summed E-state index contributed by atoms with van der Waals surface area (Å²) in [5.41, 5.74) is 2.11. The molecule has 188 valence electrons. The lowest BCUT2D eigenvalue weighted by Crippen LogP contribution is -2.28. The number of Topliss-reactive ketones (excluding diaryl/α,β-unsaturated/α-hetero) is 1. The Hall–Kier alpha value is -3.16. The van der Waals surface area contributed by atoms with E-state index in [0.717, 1.165) is 9.79 Å². The van der Waals surface area contributed by atoms with Crippen LogP contribution in [-0.4, -0.2) is 29.6 Å². The Bertz CT molecular complexity index is 1170. The monoisotopic (exact) mass is 527 g/mol. The van der Waals surface area contributed by atoms with Crippen LogP contribution in [-0.2, 0) is 14.3 Å². The van der Waals surface area contributed by atoms with E-state index in [1.54, 1.807) is 11.8 Å². The second kappa shape index (κ2) is 13.8. The summed E-state index contributed by atoms with van der Waals surface area (Å²) in [6.45, 7) is 2.05. The third-order valence-corrected chi connectivity index (χ3v) is 6.48. The van der Waals surface area contributed by atoms with Gasteiger partial charge in [0.15, 0.2) is 6.10 Å². The number of benzene rings is 3. The van der Waals surface area contributed by atoms with Crippen molar-refractivity contribution < 1.29 is 23.5 Å². The van der Waals surface area contributed by atoms with Gasteiger partial charge in [-0.1, -0.05) is 29.5 Å². The minimum absolute atomic E-state index is 0.0188. The van der Waals surface area contributed by atoms with Crippen molar-refractivity contribution in [2.75, 3.05) is 11.2 Å². The summed E-state index contributed by atoms with van der Waals surface area (Å²) in [5, 5.41) is 2.82. The van der Waals surface area contributed by atoms with E-state index in [2.05, 4.69) is 29.6 Å². The first-order valence-electron chi connectivity index (χ1n) is 11.5. The summed E-state index contributed by atoms with van der Waals surface area (Å²) < 4.78 is 18.4. The predicted octanol–water partition coefficient (Wildman–Crippen LogP) is 6.82. The third kappa shape index (κ3) is 8.81. The molecule has 0 radical (unpaired) electrons. The second-order valence-electron chi connectivity index (χ2n) is 8.17. The molecule has 3 aromatic rings. The van der Waals surface area contributed by atoms with Gasteiger partial charge in [0.25, 0.3) is 0 Å². The number of esters is 1. The Morgan fingerprint density at radius 2 is 1.53 bits per heavy atom. The standard InChI is InChI=1S/C28H27ClFNO4S/c1-19-5-13-23(14-6-19)36-24-15-11-22(12-16-24)31-26(32)3-2-4-27(33)35-25(17-18-29)28(34)20-7-9-21(30)10-8-20/h5-16,25H,2-4,17-18H2,1H3,(H,31,32). The first-order chi connectivity index (χ1) is 17.3. The van der Waals surface area contributed by atoms with Crippen molar-refractivity contribution in [1.82, 2.24) is 0 Å². The number of anilines is 1. The van der Waals surface area contributed by atoms with Crippen LogP contribution in [0.3, 0.4) is 0 Å². The highest BCUT2D eigenvalue weighted by molar-refractivity contribution is 7.99. The van der Waals surface area contributed by atoms with Crippen molar-refractivity contribution >= 4 is 46.7 Å². The number of amides is 1. The molecule has 0 aromatic heterocycles. The number of ether oxygens (including phenoxy) is 1. The van der Waals surface area contributed by atoms with Crippen LogP contribution in [0, 0.1) is 12.7 Å². The molecule has 0 bridgehead atoms. The summed E-state index contributed by atoms with van der Waals surface area (Å²) in [6, 6.07) is 20.8. The average Bonchev–Trinajstić information content (AvgIpc) is 2.86. The van der Waals surface area contributed by atoms with Gasteiger partial charge in [-0.3, -0.25) is 14.4 Å². The molecule has 0 spiro atoms. The summed E-state index contributed by atoms with van der Waals surface area (Å²) in [5.74, 6) is -1.60.